The Bertz CT molecular complexity index is 3380. The first-order valence-electron chi connectivity index (χ1n) is 21.0. The van der Waals surface area contributed by atoms with Crippen molar-refractivity contribution in [1.29, 1.82) is 0 Å². The largest absolute Gasteiger partial charge is 0.456 e. The molecule has 0 aromatic heterocycles. The Morgan fingerprint density at radius 1 is 0.333 bits per heavy atom. The fourth-order valence-electron chi connectivity index (χ4n) is 11.6. The highest BCUT2D eigenvalue weighted by atomic mass is 16.5. The third kappa shape index (κ3) is 4.16. The molecule has 280 valence electrons. The van der Waals surface area contributed by atoms with Crippen LogP contribution in [0.3, 0.4) is 0 Å². The molecule has 1 aliphatic heterocycles. The van der Waals surface area contributed by atoms with Gasteiger partial charge in [0.25, 0.3) is 0 Å². The minimum absolute atomic E-state index is 0.595. The molecule has 1 spiro atoms. The van der Waals surface area contributed by atoms with Crippen LogP contribution in [-0.4, -0.2) is 0 Å². The van der Waals surface area contributed by atoms with Gasteiger partial charge in [0.15, 0.2) is 0 Å². The summed E-state index contributed by atoms with van der Waals surface area (Å²) in [4.78, 5) is 0. The molecule has 1 heteroatoms. The molecule has 0 saturated heterocycles. The van der Waals surface area contributed by atoms with E-state index in [0.717, 1.165) is 16.9 Å². The molecule has 13 rings (SSSR count). The number of benzene rings is 10. The van der Waals surface area contributed by atoms with Gasteiger partial charge in [-0.05, 0) is 102 Å². The summed E-state index contributed by atoms with van der Waals surface area (Å²) >= 11 is 0. The minimum Gasteiger partial charge on any atom is -0.456 e. The van der Waals surface area contributed by atoms with Crippen molar-refractivity contribution in [2.24, 2.45) is 0 Å². The van der Waals surface area contributed by atoms with Crippen molar-refractivity contribution in [3.8, 4) is 44.9 Å². The predicted octanol–water partition coefficient (Wildman–Crippen LogP) is 14.8. The van der Waals surface area contributed by atoms with Crippen LogP contribution in [0, 0.1) is 6.92 Å². The molecular weight excluding hydrogens is 725 g/mol. The number of hydrogen-bond acceptors (Lipinski definition) is 1. The van der Waals surface area contributed by atoms with Crippen LogP contribution < -0.4 is 4.74 Å². The molecule has 0 amide bonds. The third-order valence-corrected chi connectivity index (χ3v) is 13.9. The van der Waals surface area contributed by atoms with E-state index in [1.165, 1.54) is 99.6 Å². The van der Waals surface area contributed by atoms with E-state index in [2.05, 4.69) is 219 Å². The van der Waals surface area contributed by atoms with Crippen molar-refractivity contribution in [3.63, 3.8) is 0 Å². The van der Waals surface area contributed by atoms with E-state index in [1.54, 1.807) is 0 Å². The van der Waals surface area contributed by atoms with Gasteiger partial charge in [-0.15, -0.1) is 0 Å². The second kappa shape index (κ2) is 12.3. The Morgan fingerprint density at radius 2 is 0.883 bits per heavy atom. The second-order valence-corrected chi connectivity index (χ2v) is 16.7. The zero-order valence-electron chi connectivity index (χ0n) is 33.1. The van der Waals surface area contributed by atoms with Crippen molar-refractivity contribution in [2.45, 2.75) is 17.8 Å². The molecule has 1 atom stereocenters. The van der Waals surface area contributed by atoms with E-state index in [-0.39, 0.29) is 0 Å². The molecule has 0 radical (unpaired) electrons. The lowest BCUT2D eigenvalue weighted by molar-refractivity contribution is 0.442. The van der Waals surface area contributed by atoms with Crippen LogP contribution in [0.1, 0.15) is 50.1 Å². The van der Waals surface area contributed by atoms with Gasteiger partial charge < -0.3 is 4.74 Å². The molecule has 0 fully saturated rings. The van der Waals surface area contributed by atoms with Gasteiger partial charge in [-0.3, -0.25) is 0 Å². The Balaban J connectivity index is 1.20. The quantitative estimate of drug-likeness (QED) is 0.174. The number of hydrogen-bond donors (Lipinski definition) is 0. The highest BCUT2D eigenvalue weighted by molar-refractivity contribution is 6.06. The third-order valence-electron chi connectivity index (χ3n) is 13.9. The highest BCUT2D eigenvalue weighted by Crippen LogP contribution is 2.65. The number of fused-ring (bicyclic) bond motifs is 16. The zero-order chi connectivity index (χ0) is 39.6. The van der Waals surface area contributed by atoms with Crippen molar-refractivity contribution in [2.75, 3.05) is 0 Å². The number of para-hydroxylation sites is 1. The first kappa shape index (κ1) is 33.5. The number of rotatable bonds is 3. The Labute approximate surface area is 349 Å². The van der Waals surface area contributed by atoms with E-state index in [0.29, 0.717) is 0 Å². The Kier molecular flexibility index (Phi) is 6.85. The molecule has 0 saturated carbocycles. The van der Waals surface area contributed by atoms with E-state index in [1.807, 2.05) is 0 Å². The fraction of sp³-hybridized carbons (Fsp3) is 0.0508. The fourth-order valence-corrected chi connectivity index (χ4v) is 11.6. The summed E-state index contributed by atoms with van der Waals surface area (Å²) in [5.74, 6) is 1.83. The summed E-state index contributed by atoms with van der Waals surface area (Å²) in [6.45, 7) is 2.21. The average Bonchev–Trinajstić information content (AvgIpc) is 3.77. The summed E-state index contributed by atoms with van der Waals surface area (Å²) < 4.78 is 7.17. The minimum atomic E-state index is -0.624. The normalized spacial score (nSPS) is 16.1. The van der Waals surface area contributed by atoms with E-state index < -0.39 is 10.8 Å². The molecular formula is C59H38O. The Morgan fingerprint density at radius 3 is 1.62 bits per heavy atom. The van der Waals surface area contributed by atoms with Gasteiger partial charge in [0.05, 0.1) is 10.8 Å². The van der Waals surface area contributed by atoms with Crippen molar-refractivity contribution < 1.29 is 4.74 Å². The first-order chi connectivity index (χ1) is 29.7. The van der Waals surface area contributed by atoms with E-state index >= 15 is 0 Å². The maximum atomic E-state index is 7.17. The molecule has 1 unspecified atom stereocenters. The second-order valence-electron chi connectivity index (χ2n) is 16.7. The maximum Gasteiger partial charge on any atom is 0.140 e. The van der Waals surface area contributed by atoms with E-state index in [4.69, 9.17) is 4.74 Å². The lowest BCUT2D eigenvalue weighted by Crippen LogP contribution is -2.32. The lowest BCUT2D eigenvalue weighted by atomic mass is 9.63. The van der Waals surface area contributed by atoms with Gasteiger partial charge >= 0.3 is 0 Å². The van der Waals surface area contributed by atoms with Crippen molar-refractivity contribution in [1.82, 2.24) is 0 Å². The summed E-state index contributed by atoms with van der Waals surface area (Å²) in [7, 11) is 0. The smallest absolute Gasteiger partial charge is 0.140 e. The monoisotopic (exact) mass is 762 g/mol. The molecule has 0 bridgehead atoms. The van der Waals surface area contributed by atoms with Crippen LogP contribution in [0.5, 0.6) is 11.5 Å². The van der Waals surface area contributed by atoms with Crippen molar-refractivity contribution in [3.05, 3.63) is 262 Å². The molecule has 10 aromatic rings. The highest BCUT2D eigenvalue weighted by Gasteiger charge is 2.52. The molecule has 10 aromatic carbocycles. The predicted molar refractivity (Wildman–Crippen MR) is 246 cm³/mol. The van der Waals surface area contributed by atoms with Gasteiger partial charge in [0, 0.05) is 16.5 Å². The summed E-state index contributed by atoms with van der Waals surface area (Å²) in [5.41, 5.74) is 17.7. The van der Waals surface area contributed by atoms with Crippen LogP contribution in [0.2, 0.25) is 0 Å². The van der Waals surface area contributed by atoms with Gasteiger partial charge in [0.2, 0.25) is 0 Å². The standard InChI is InChI=1S/C59H38O/c1-37-31-34-52-48(35-37)45-33-32-38-17-5-6-20-40(38)56(45)58(52,39-18-3-2-4-19-39)49-26-12-11-24-44(49)47-36-54-57(46-25-8-7-21-41(46)47)60-55-30-16-15-29-53(55)59(54)50-27-13-9-22-42(50)43-23-10-14-28-51(43)59/h2-36H,1H3. The SMILES string of the molecule is Cc1ccc2c(c1)-c1ccc3ccccc3c1C2(c1ccccc1)c1ccccc1-c1cc2c(c3ccccc13)Oc1ccccc1C21c2ccccc2-c2ccccc21. The summed E-state index contributed by atoms with van der Waals surface area (Å²) in [5, 5.41) is 4.80. The maximum absolute atomic E-state index is 7.17. The Hall–Kier alpha value is -7.48. The lowest BCUT2D eigenvalue weighted by Gasteiger charge is -2.40. The number of aryl methyl sites for hydroxylation is 1. The van der Waals surface area contributed by atoms with Crippen LogP contribution in [0.25, 0.3) is 54.9 Å². The van der Waals surface area contributed by atoms with Crippen LogP contribution in [-0.2, 0) is 10.8 Å². The van der Waals surface area contributed by atoms with Gasteiger partial charge in [-0.1, -0.05) is 206 Å². The molecule has 0 N–H and O–H groups in total. The van der Waals surface area contributed by atoms with Gasteiger partial charge in [0.1, 0.15) is 11.5 Å². The first-order valence-corrected chi connectivity index (χ1v) is 21.0. The molecule has 1 heterocycles. The molecule has 60 heavy (non-hydrogen) atoms. The van der Waals surface area contributed by atoms with Gasteiger partial charge in [-0.2, -0.15) is 0 Å². The van der Waals surface area contributed by atoms with Crippen LogP contribution >= 0.6 is 0 Å². The van der Waals surface area contributed by atoms with Crippen LogP contribution in [0.4, 0.5) is 0 Å². The molecule has 2 aliphatic carbocycles. The number of ether oxygens (including phenoxy) is 1. The molecule has 3 aliphatic rings. The summed E-state index contributed by atoms with van der Waals surface area (Å²) in [6, 6.07) is 79.3. The van der Waals surface area contributed by atoms with Gasteiger partial charge in [-0.25, -0.2) is 0 Å². The average molecular weight is 763 g/mol. The van der Waals surface area contributed by atoms with Crippen LogP contribution in [0.15, 0.2) is 212 Å². The van der Waals surface area contributed by atoms with E-state index in [9.17, 15) is 0 Å². The summed E-state index contributed by atoms with van der Waals surface area (Å²) in [6.07, 6.45) is 0. The zero-order valence-corrected chi connectivity index (χ0v) is 33.1. The van der Waals surface area contributed by atoms with Crippen molar-refractivity contribution >= 4 is 21.5 Å². The molecule has 1 nitrogen and oxygen atoms in total. The topological polar surface area (TPSA) is 9.23 Å².